The number of hydrogen-bond acceptors (Lipinski definition) is 3. The number of amides is 1. The quantitative estimate of drug-likeness (QED) is 0.851. The zero-order chi connectivity index (χ0) is 16.8. The molecule has 0 aromatic heterocycles. The Morgan fingerprint density at radius 1 is 1.30 bits per heavy atom. The summed E-state index contributed by atoms with van der Waals surface area (Å²) in [5, 5.41) is 12.7. The summed E-state index contributed by atoms with van der Waals surface area (Å²) in [6.45, 7) is 1.29. The Labute approximate surface area is 138 Å². The van der Waals surface area contributed by atoms with Gasteiger partial charge in [0, 0.05) is 11.1 Å². The first-order valence-electron chi connectivity index (χ1n) is 7.08. The lowest BCUT2D eigenvalue weighted by atomic mass is 10.1. The second-order valence-electron chi connectivity index (χ2n) is 5.01. The molecular weight excluding hydrogens is 321 g/mol. The summed E-state index contributed by atoms with van der Waals surface area (Å²) in [5.74, 6) is -0.590. The van der Waals surface area contributed by atoms with Crippen LogP contribution in [0.4, 0.5) is 4.39 Å². The van der Waals surface area contributed by atoms with Gasteiger partial charge >= 0.3 is 0 Å². The molecular formula is C17H17ClFNO3. The van der Waals surface area contributed by atoms with Crippen LogP contribution in [0, 0.1) is 5.82 Å². The van der Waals surface area contributed by atoms with E-state index < -0.39 is 23.9 Å². The van der Waals surface area contributed by atoms with E-state index in [0.717, 1.165) is 5.56 Å². The van der Waals surface area contributed by atoms with Crippen LogP contribution in [0.2, 0.25) is 5.02 Å². The summed E-state index contributed by atoms with van der Waals surface area (Å²) in [7, 11) is 0. The molecule has 23 heavy (non-hydrogen) atoms. The largest absolute Gasteiger partial charge is 0.481 e. The van der Waals surface area contributed by atoms with Crippen molar-refractivity contribution < 1.29 is 19.0 Å². The molecule has 0 heterocycles. The highest BCUT2D eigenvalue weighted by Crippen LogP contribution is 2.17. The number of hydrogen-bond donors (Lipinski definition) is 2. The Bertz CT molecular complexity index is 663. The van der Waals surface area contributed by atoms with Crippen molar-refractivity contribution in [2.75, 3.05) is 6.61 Å². The highest BCUT2D eigenvalue weighted by Gasteiger charge is 2.20. The number of carbonyl (C=O) groups is 1. The normalized spacial score (nSPS) is 13.2. The smallest absolute Gasteiger partial charge is 0.261 e. The standard InChI is InChI=1S/C17H17ClFNO3/c1-11(23-15-4-2-3-14(19)9-15)17(22)20-16(10-21)12-5-7-13(18)8-6-12/h2-9,11,16,21H,10H2,1H3,(H,20,22). The average Bonchev–Trinajstić information content (AvgIpc) is 2.53. The molecule has 0 bridgehead atoms. The van der Waals surface area contributed by atoms with Gasteiger partial charge in [0.25, 0.3) is 5.91 Å². The molecule has 2 unspecified atom stereocenters. The summed E-state index contributed by atoms with van der Waals surface area (Å²) >= 11 is 5.82. The summed E-state index contributed by atoms with van der Waals surface area (Å²) in [6.07, 6.45) is -0.835. The predicted octanol–water partition coefficient (Wildman–Crippen LogP) is 3.10. The van der Waals surface area contributed by atoms with Gasteiger partial charge in [-0.1, -0.05) is 29.8 Å². The third-order valence-electron chi connectivity index (χ3n) is 3.25. The Kier molecular flexibility index (Phi) is 5.96. The molecule has 0 saturated carbocycles. The fraction of sp³-hybridized carbons (Fsp3) is 0.235. The number of aliphatic hydroxyl groups is 1. The molecule has 2 rings (SSSR count). The molecule has 0 spiro atoms. The highest BCUT2D eigenvalue weighted by atomic mass is 35.5. The van der Waals surface area contributed by atoms with Gasteiger partial charge < -0.3 is 15.2 Å². The topological polar surface area (TPSA) is 58.6 Å². The maximum absolute atomic E-state index is 13.1. The Hall–Kier alpha value is -2.11. The Morgan fingerprint density at radius 3 is 2.61 bits per heavy atom. The molecule has 0 aliphatic heterocycles. The zero-order valence-corrected chi connectivity index (χ0v) is 13.3. The summed E-state index contributed by atoms with van der Waals surface area (Å²) in [6, 6.07) is 11.8. The second-order valence-corrected chi connectivity index (χ2v) is 5.45. The molecule has 0 saturated heterocycles. The van der Waals surface area contributed by atoms with Gasteiger partial charge in [-0.25, -0.2) is 4.39 Å². The van der Waals surface area contributed by atoms with Gasteiger partial charge in [-0.05, 0) is 36.8 Å². The minimum Gasteiger partial charge on any atom is -0.481 e. The van der Waals surface area contributed by atoms with Crippen LogP contribution in [0.25, 0.3) is 0 Å². The molecule has 2 N–H and O–H groups in total. The van der Waals surface area contributed by atoms with Crippen molar-refractivity contribution >= 4 is 17.5 Å². The lowest BCUT2D eigenvalue weighted by molar-refractivity contribution is -0.128. The van der Waals surface area contributed by atoms with Gasteiger partial charge in [0.2, 0.25) is 0 Å². The van der Waals surface area contributed by atoms with E-state index >= 15 is 0 Å². The van der Waals surface area contributed by atoms with E-state index in [2.05, 4.69) is 5.32 Å². The minimum absolute atomic E-state index is 0.264. The average molecular weight is 338 g/mol. The van der Waals surface area contributed by atoms with E-state index in [0.29, 0.717) is 5.02 Å². The number of halogens is 2. The van der Waals surface area contributed by atoms with Crippen LogP contribution in [0.5, 0.6) is 5.75 Å². The van der Waals surface area contributed by atoms with Crippen LogP contribution < -0.4 is 10.1 Å². The fourth-order valence-corrected chi connectivity index (χ4v) is 2.14. The molecule has 4 nitrogen and oxygen atoms in total. The van der Waals surface area contributed by atoms with Crippen molar-refractivity contribution in [1.82, 2.24) is 5.32 Å². The van der Waals surface area contributed by atoms with Gasteiger partial charge in [-0.2, -0.15) is 0 Å². The molecule has 2 aromatic rings. The summed E-state index contributed by atoms with van der Waals surface area (Å²) in [4.78, 5) is 12.2. The second kappa shape index (κ2) is 7.94. The van der Waals surface area contributed by atoms with E-state index in [-0.39, 0.29) is 12.4 Å². The van der Waals surface area contributed by atoms with Gasteiger partial charge in [-0.3, -0.25) is 4.79 Å². The lowest BCUT2D eigenvalue weighted by Gasteiger charge is -2.20. The van der Waals surface area contributed by atoms with Crippen molar-refractivity contribution in [3.8, 4) is 5.75 Å². The summed E-state index contributed by atoms with van der Waals surface area (Å²) in [5.41, 5.74) is 0.725. The van der Waals surface area contributed by atoms with Gasteiger partial charge in [0.05, 0.1) is 12.6 Å². The molecule has 6 heteroatoms. The number of rotatable bonds is 6. The first-order valence-corrected chi connectivity index (χ1v) is 7.46. The number of ether oxygens (including phenoxy) is 1. The number of carbonyl (C=O) groups excluding carboxylic acids is 1. The molecule has 2 aromatic carbocycles. The van der Waals surface area contributed by atoms with Crippen LogP contribution in [-0.4, -0.2) is 23.7 Å². The molecule has 2 atom stereocenters. The van der Waals surface area contributed by atoms with Crippen LogP contribution in [-0.2, 0) is 4.79 Å². The van der Waals surface area contributed by atoms with Crippen LogP contribution in [0.1, 0.15) is 18.5 Å². The van der Waals surface area contributed by atoms with Crippen LogP contribution in [0.15, 0.2) is 48.5 Å². The molecule has 0 aliphatic carbocycles. The molecule has 0 fully saturated rings. The lowest BCUT2D eigenvalue weighted by Crippen LogP contribution is -2.39. The molecule has 0 aliphatic rings. The Morgan fingerprint density at radius 2 is 2.00 bits per heavy atom. The van der Waals surface area contributed by atoms with Gasteiger partial charge in [0.15, 0.2) is 6.10 Å². The monoisotopic (exact) mass is 337 g/mol. The maximum atomic E-state index is 13.1. The first-order chi connectivity index (χ1) is 11.0. The van der Waals surface area contributed by atoms with E-state index in [1.54, 1.807) is 37.3 Å². The number of nitrogens with one attached hydrogen (secondary N) is 1. The predicted molar refractivity (Wildman–Crippen MR) is 85.9 cm³/mol. The van der Waals surface area contributed by atoms with E-state index in [9.17, 15) is 14.3 Å². The third kappa shape index (κ3) is 4.94. The number of aliphatic hydroxyl groups excluding tert-OH is 1. The van der Waals surface area contributed by atoms with E-state index in [1.165, 1.54) is 18.2 Å². The van der Waals surface area contributed by atoms with Crippen LogP contribution >= 0.6 is 11.6 Å². The minimum atomic E-state index is -0.835. The van der Waals surface area contributed by atoms with Crippen molar-refractivity contribution in [2.24, 2.45) is 0 Å². The number of benzene rings is 2. The van der Waals surface area contributed by atoms with E-state index in [1.807, 2.05) is 0 Å². The van der Waals surface area contributed by atoms with Gasteiger partial charge in [0.1, 0.15) is 11.6 Å². The van der Waals surface area contributed by atoms with Crippen LogP contribution in [0.3, 0.4) is 0 Å². The van der Waals surface area contributed by atoms with Gasteiger partial charge in [-0.15, -0.1) is 0 Å². The maximum Gasteiger partial charge on any atom is 0.261 e. The van der Waals surface area contributed by atoms with Crippen molar-refractivity contribution in [3.63, 3.8) is 0 Å². The highest BCUT2D eigenvalue weighted by molar-refractivity contribution is 6.30. The van der Waals surface area contributed by atoms with Crippen molar-refractivity contribution in [3.05, 3.63) is 64.9 Å². The summed E-state index contributed by atoms with van der Waals surface area (Å²) < 4.78 is 18.5. The van der Waals surface area contributed by atoms with Crippen molar-refractivity contribution in [1.29, 1.82) is 0 Å². The third-order valence-corrected chi connectivity index (χ3v) is 3.50. The molecule has 122 valence electrons. The zero-order valence-electron chi connectivity index (χ0n) is 12.5. The fourth-order valence-electron chi connectivity index (χ4n) is 2.02. The van der Waals surface area contributed by atoms with Crippen molar-refractivity contribution in [2.45, 2.75) is 19.1 Å². The van der Waals surface area contributed by atoms with E-state index in [4.69, 9.17) is 16.3 Å². The SMILES string of the molecule is CC(Oc1cccc(F)c1)C(=O)NC(CO)c1ccc(Cl)cc1. The Balaban J connectivity index is 1.99. The first kappa shape index (κ1) is 17.2. The molecule has 1 amide bonds. The molecule has 0 radical (unpaired) electrons.